The molecule has 1 aliphatic heterocycles. The number of halogens is 1. The molecule has 0 bridgehead atoms. The van der Waals surface area contributed by atoms with Crippen molar-refractivity contribution in [1.29, 1.82) is 0 Å². The molecule has 0 radical (unpaired) electrons. The maximum Gasteiger partial charge on any atom is 0.407 e. The highest BCUT2D eigenvalue weighted by Gasteiger charge is 2.45. The van der Waals surface area contributed by atoms with Crippen LogP contribution >= 0.6 is 0 Å². The molecule has 1 aromatic heterocycles. The van der Waals surface area contributed by atoms with Crippen molar-refractivity contribution in [2.45, 2.75) is 64.6 Å². The maximum absolute atomic E-state index is 13.9. The molecule has 3 atom stereocenters. The molecule has 0 aromatic carbocycles. The van der Waals surface area contributed by atoms with E-state index >= 15 is 0 Å². The molecule has 1 saturated heterocycles. The lowest BCUT2D eigenvalue weighted by Crippen LogP contribution is -2.48. The number of aryl methyl sites for hydroxylation is 1. The molecule has 1 amide bonds. The number of rotatable bonds is 3. The maximum atomic E-state index is 13.9. The average Bonchev–Trinajstić information content (AvgIpc) is 2.90. The lowest BCUT2D eigenvalue weighted by Gasteiger charge is -2.29. The fourth-order valence-electron chi connectivity index (χ4n) is 3.83. The van der Waals surface area contributed by atoms with Gasteiger partial charge in [-0.2, -0.15) is 0 Å². The Morgan fingerprint density at radius 1 is 1.48 bits per heavy atom. The van der Waals surface area contributed by atoms with E-state index < -0.39 is 23.8 Å². The van der Waals surface area contributed by atoms with Crippen molar-refractivity contribution < 1.29 is 13.9 Å². The van der Waals surface area contributed by atoms with Gasteiger partial charge in [-0.15, -0.1) is 0 Å². The number of carbonyl (C=O) groups is 1. The van der Waals surface area contributed by atoms with Gasteiger partial charge < -0.3 is 20.7 Å². The third-order valence-electron chi connectivity index (χ3n) is 5.40. The van der Waals surface area contributed by atoms with Crippen LogP contribution in [0.1, 0.15) is 45.4 Å². The monoisotopic (exact) mass is 378 g/mol. The Kier molecular flexibility index (Phi) is 5.34. The second-order valence-corrected chi connectivity index (χ2v) is 9.15. The molecule has 6 nitrogen and oxygen atoms in total. The number of fused-ring (bicyclic) bond motifs is 1. The number of hydrogen-bond donors (Lipinski definition) is 2. The van der Waals surface area contributed by atoms with Crippen molar-refractivity contribution in [3.63, 3.8) is 0 Å². The van der Waals surface area contributed by atoms with Crippen LogP contribution in [-0.4, -0.2) is 48.5 Å². The predicted molar refractivity (Wildman–Crippen MR) is 104 cm³/mol. The number of alkyl carbamates (subject to hydrolysis) is 1. The third-order valence-corrected chi connectivity index (χ3v) is 5.40. The van der Waals surface area contributed by atoms with Gasteiger partial charge in [-0.25, -0.2) is 9.78 Å². The number of carbonyl (C=O) groups excluding carboxylic acids is 1. The summed E-state index contributed by atoms with van der Waals surface area (Å²) in [7, 11) is 0. The molecular formula is C20H31FN4O2. The topological polar surface area (TPSA) is 80.5 Å². The van der Waals surface area contributed by atoms with Crippen LogP contribution in [0.3, 0.4) is 0 Å². The zero-order valence-electron chi connectivity index (χ0n) is 16.7. The predicted octanol–water partition coefficient (Wildman–Crippen LogP) is 2.59. The van der Waals surface area contributed by atoms with Crippen LogP contribution in [0, 0.1) is 5.41 Å². The summed E-state index contributed by atoms with van der Waals surface area (Å²) >= 11 is 0. The summed E-state index contributed by atoms with van der Waals surface area (Å²) in [5.74, 6) is 0.831. The molecule has 0 spiro atoms. The molecule has 2 unspecified atom stereocenters. The number of aromatic nitrogens is 1. The van der Waals surface area contributed by atoms with E-state index in [1.54, 1.807) is 0 Å². The summed E-state index contributed by atoms with van der Waals surface area (Å²) in [6.45, 7) is 7.76. The largest absolute Gasteiger partial charge is 0.444 e. The smallest absolute Gasteiger partial charge is 0.407 e. The van der Waals surface area contributed by atoms with Gasteiger partial charge in [0.25, 0.3) is 0 Å². The Labute approximate surface area is 160 Å². The minimum absolute atomic E-state index is 0.203. The van der Waals surface area contributed by atoms with Crippen molar-refractivity contribution in [3.05, 3.63) is 23.4 Å². The summed E-state index contributed by atoms with van der Waals surface area (Å²) in [5.41, 5.74) is 7.05. The first-order valence-corrected chi connectivity index (χ1v) is 9.64. The molecule has 1 aliphatic carbocycles. The SMILES string of the molecule is CC(C)(C)OC(=O)NC1CN(c2ccc3c(n2)CC[C@H](N)C3)CC1(C)CF. The van der Waals surface area contributed by atoms with Gasteiger partial charge in [-0.1, -0.05) is 13.0 Å². The molecule has 27 heavy (non-hydrogen) atoms. The summed E-state index contributed by atoms with van der Waals surface area (Å²) in [6.07, 6.45) is 2.15. The second-order valence-electron chi connectivity index (χ2n) is 9.15. The Bertz CT molecular complexity index is 706. The summed E-state index contributed by atoms with van der Waals surface area (Å²) in [6, 6.07) is 3.92. The van der Waals surface area contributed by atoms with Gasteiger partial charge in [0.15, 0.2) is 0 Å². The molecule has 1 fully saturated rings. The van der Waals surface area contributed by atoms with Crippen molar-refractivity contribution >= 4 is 11.9 Å². The van der Waals surface area contributed by atoms with E-state index in [4.69, 9.17) is 15.5 Å². The normalized spacial score (nSPS) is 28.0. The number of anilines is 1. The fraction of sp³-hybridized carbons (Fsp3) is 0.700. The van der Waals surface area contributed by atoms with Gasteiger partial charge in [0.05, 0.1) is 12.7 Å². The molecule has 7 heteroatoms. The first-order chi connectivity index (χ1) is 12.6. The fourth-order valence-corrected chi connectivity index (χ4v) is 3.83. The Morgan fingerprint density at radius 2 is 2.22 bits per heavy atom. The van der Waals surface area contributed by atoms with Crippen LogP contribution < -0.4 is 16.0 Å². The van der Waals surface area contributed by atoms with E-state index in [-0.39, 0.29) is 12.1 Å². The van der Waals surface area contributed by atoms with Crippen LogP contribution in [0.5, 0.6) is 0 Å². The number of pyridine rings is 1. The zero-order chi connectivity index (χ0) is 19.8. The first kappa shape index (κ1) is 19.9. The Balaban J connectivity index is 1.74. The summed E-state index contributed by atoms with van der Waals surface area (Å²) in [5, 5.41) is 2.86. The van der Waals surface area contributed by atoms with Gasteiger partial charge in [-0.05, 0) is 51.7 Å². The highest BCUT2D eigenvalue weighted by atomic mass is 19.1. The van der Waals surface area contributed by atoms with Crippen molar-refractivity contribution in [2.24, 2.45) is 11.1 Å². The number of alkyl halides is 1. The van der Waals surface area contributed by atoms with Gasteiger partial charge in [0.2, 0.25) is 0 Å². The van der Waals surface area contributed by atoms with Crippen LogP contribution in [0.15, 0.2) is 12.1 Å². The van der Waals surface area contributed by atoms with E-state index in [0.717, 1.165) is 30.8 Å². The summed E-state index contributed by atoms with van der Waals surface area (Å²) in [4.78, 5) is 19.0. The Hall–Kier alpha value is -1.89. The van der Waals surface area contributed by atoms with Crippen LogP contribution in [0.25, 0.3) is 0 Å². The molecule has 0 saturated carbocycles. The van der Waals surface area contributed by atoms with Gasteiger partial charge in [-0.3, -0.25) is 4.39 Å². The number of amides is 1. The standard InChI is InChI=1S/C20H31FN4O2/c1-19(2,3)27-18(26)24-16-10-25(12-20(16,4)11-21)17-8-5-13-9-14(22)6-7-15(13)23-17/h5,8,14,16H,6-7,9-12,22H2,1-4H3,(H,24,26)/t14-,16?,20?/m0/s1. The zero-order valence-corrected chi connectivity index (χ0v) is 16.7. The van der Waals surface area contributed by atoms with Gasteiger partial charge in [0.1, 0.15) is 11.4 Å². The lowest BCUT2D eigenvalue weighted by atomic mass is 9.87. The molecule has 3 rings (SSSR count). The van der Waals surface area contributed by atoms with Crippen LogP contribution in [-0.2, 0) is 17.6 Å². The molecular weight excluding hydrogens is 347 g/mol. The van der Waals surface area contributed by atoms with Crippen LogP contribution in [0.4, 0.5) is 15.0 Å². The lowest BCUT2D eigenvalue weighted by molar-refractivity contribution is 0.0465. The van der Waals surface area contributed by atoms with Crippen molar-refractivity contribution in [3.8, 4) is 0 Å². The summed E-state index contributed by atoms with van der Waals surface area (Å²) < 4.78 is 19.2. The van der Waals surface area contributed by atoms with Gasteiger partial charge >= 0.3 is 6.09 Å². The van der Waals surface area contributed by atoms with Gasteiger partial charge in [0, 0.05) is 30.2 Å². The molecule has 150 valence electrons. The highest BCUT2D eigenvalue weighted by molar-refractivity contribution is 5.68. The number of ether oxygens (including phenoxy) is 1. The molecule has 3 N–H and O–H groups in total. The first-order valence-electron chi connectivity index (χ1n) is 9.64. The van der Waals surface area contributed by atoms with E-state index in [1.807, 2.05) is 33.8 Å². The van der Waals surface area contributed by atoms with E-state index in [2.05, 4.69) is 16.3 Å². The van der Waals surface area contributed by atoms with Crippen LogP contribution in [0.2, 0.25) is 0 Å². The number of nitrogens with two attached hydrogens (primary N) is 1. The minimum Gasteiger partial charge on any atom is -0.444 e. The van der Waals surface area contributed by atoms with E-state index in [1.165, 1.54) is 5.56 Å². The van der Waals surface area contributed by atoms with E-state index in [9.17, 15) is 9.18 Å². The number of nitrogens with zero attached hydrogens (tertiary/aromatic N) is 2. The molecule has 2 aliphatic rings. The quantitative estimate of drug-likeness (QED) is 0.845. The average molecular weight is 378 g/mol. The molecule has 2 heterocycles. The highest BCUT2D eigenvalue weighted by Crippen LogP contribution is 2.34. The second kappa shape index (κ2) is 7.26. The number of hydrogen-bond acceptors (Lipinski definition) is 5. The van der Waals surface area contributed by atoms with Crippen molar-refractivity contribution in [1.82, 2.24) is 10.3 Å². The minimum atomic E-state index is -0.684. The molecule has 1 aromatic rings. The van der Waals surface area contributed by atoms with E-state index in [0.29, 0.717) is 13.1 Å². The van der Waals surface area contributed by atoms with Crippen molar-refractivity contribution in [2.75, 3.05) is 24.7 Å². The third kappa shape index (κ3) is 4.51. The number of nitrogens with one attached hydrogen (secondary N) is 1. The Morgan fingerprint density at radius 3 is 2.89 bits per heavy atom.